The van der Waals surface area contributed by atoms with Gasteiger partial charge in [0.25, 0.3) is 0 Å². The van der Waals surface area contributed by atoms with E-state index in [1.807, 2.05) is 30.3 Å². The molecule has 0 amide bonds. The maximum atomic E-state index is 10.2. The molecule has 0 unspecified atom stereocenters. The van der Waals surface area contributed by atoms with Crippen molar-refractivity contribution >= 4 is 23.2 Å². The van der Waals surface area contributed by atoms with E-state index in [1.54, 1.807) is 6.21 Å². The predicted molar refractivity (Wildman–Crippen MR) is 96.0 cm³/mol. The maximum Gasteiger partial charge on any atom is 0.177 e. The van der Waals surface area contributed by atoms with E-state index < -0.39 is 31.1 Å². The van der Waals surface area contributed by atoms with E-state index in [0.29, 0.717) is 17.0 Å². The van der Waals surface area contributed by atoms with Crippen molar-refractivity contribution in [3.8, 4) is 0 Å². The van der Waals surface area contributed by atoms with E-state index >= 15 is 0 Å². The fraction of sp³-hybridized carbons (Fsp3) is 0.294. The molecular formula is C17H18N6O4. The van der Waals surface area contributed by atoms with Crippen LogP contribution in [-0.4, -0.2) is 66.0 Å². The topological polar surface area (TPSA) is 138 Å². The van der Waals surface area contributed by atoms with Crippen molar-refractivity contribution < 1.29 is 20.1 Å². The number of hydrogen-bond donors (Lipinski definition) is 4. The molecule has 0 radical (unpaired) electrons. The van der Waals surface area contributed by atoms with Gasteiger partial charge in [0, 0.05) is 0 Å². The molecule has 0 saturated carbocycles. The Labute approximate surface area is 153 Å². The number of aromatic nitrogens is 4. The smallest absolute Gasteiger partial charge is 0.177 e. The van der Waals surface area contributed by atoms with E-state index in [2.05, 4.69) is 25.5 Å². The Morgan fingerprint density at radius 3 is 2.70 bits per heavy atom. The molecule has 140 valence electrons. The average molecular weight is 370 g/mol. The monoisotopic (exact) mass is 370 g/mol. The number of anilines is 1. The minimum Gasteiger partial charge on any atom is -0.394 e. The van der Waals surface area contributed by atoms with E-state index in [0.717, 1.165) is 5.56 Å². The minimum atomic E-state index is -1.22. The second-order valence-corrected chi connectivity index (χ2v) is 6.06. The molecule has 4 atom stereocenters. The maximum absolute atomic E-state index is 10.2. The number of rotatable bonds is 5. The summed E-state index contributed by atoms with van der Waals surface area (Å²) in [5, 5.41) is 33.6. The molecule has 10 heteroatoms. The zero-order valence-electron chi connectivity index (χ0n) is 14.1. The third kappa shape index (κ3) is 3.26. The number of hydrazone groups is 1. The summed E-state index contributed by atoms with van der Waals surface area (Å²) in [6.07, 6.45) is 0.203. The Morgan fingerprint density at radius 2 is 1.96 bits per heavy atom. The predicted octanol–water partition coefficient (Wildman–Crippen LogP) is -0.116. The number of aliphatic hydroxyl groups excluding tert-OH is 3. The van der Waals surface area contributed by atoms with Crippen LogP contribution in [-0.2, 0) is 4.74 Å². The van der Waals surface area contributed by atoms with E-state index in [-0.39, 0.29) is 0 Å². The van der Waals surface area contributed by atoms with Crippen molar-refractivity contribution in [3.63, 3.8) is 0 Å². The molecule has 3 heterocycles. The van der Waals surface area contributed by atoms with Crippen LogP contribution in [0.15, 0.2) is 48.1 Å². The number of nitrogens with zero attached hydrogens (tertiary/aromatic N) is 5. The molecule has 10 nitrogen and oxygen atoms in total. The van der Waals surface area contributed by atoms with Gasteiger partial charge in [0.1, 0.15) is 24.6 Å². The summed E-state index contributed by atoms with van der Waals surface area (Å²) in [5.74, 6) is 0.387. The van der Waals surface area contributed by atoms with Crippen molar-refractivity contribution in [1.29, 1.82) is 0 Å². The molecule has 1 aliphatic heterocycles. The Balaban J connectivity index is 1.60. The molecule has 4 N–H and O–H groups in total. The Hall–Kier alpha value is -2.92. The first kappa shape index (κ1) is 17.5. The van der Waals surface area contributed by atoms with Crippen molar-refractivity contribution in [1.82, 2.24) is 19.5 Å². The molecule has 3 aromatic rings. The van der Waals surface area contributed by atoms with Gasteiger partial charge in [-0.25, -0.2) is 15.0 Å². The Bertz CT molecular complexity index is 947. The molecule has 0 spiro atoms. The number of benzene rings is 1. The van der Waals surface area contributed by atoms with Gasteiger partial charge in [-0.3, -0.25) is 9.99 Å². The summed E-state index contributed by atoms with van der Waals surface area (Å²) < 4.78 is 7.02. The van der Waals surface area contributed by atoms with E-state index in [1.165, 1.54) is 17.2 Å². The first-order valence-electron chi connectivity index (χ1n) is 8.33. The van der Waals surface area contributed by atoms with Crippen LogP contribution < -0.4 is 5.43 Å². The van der Waals surface area contributed by atoms with Crippen molar-refractivity contribution in [3.05, 3.63) is 48.5 Å². The summed E-state index contributed by atoms with van der Waals surface area (Å²) >= 11 is 0. The summed E-state index contributed by atoms with van der Waals surface area (Å²) in [6.45, 7) is -0.405. The largest absolute Gasteiger partial charge is 0.394 e. The SMILES string of the molecule is OC[C@H]1O[C@@H](n2cnc3c(N/N=C/c4ccccc4)ncnc32)[C@H](O)[C@@H]1O. The lowest BCUT2D eigenvalue weighted by Crippen LogP contribution is -2.33. The standard InChI is InChI=1S/C17H18N6O4/c24-7-11-13(25)14(26)17(27-11)23-9-20-12-15(18-8-19-16(12)23)22-21-6-10-4-2-1-3-5-10/h1-6,8-9,11,13-14,17,24-26H,7H2,(H,18,19,22)/b21-6+/t11-,13-,14-,17-/m1/s1. The van der Waals surface area contributed by atoms with Gasteiger partial charge in [-0.15, -0.1) is 0 Å². The zero-order valence-corrected chi connectivity index (χ0v) is 14.1. The van der Waals surface area contributed by atoms with Crippen LogP contribution in [0.4, 0.5) is 5.82 Å². The van der Waals surface area contributed by atoms with Crippen LogP contribution in [0.1, 0.15) is 11.8 Å². The van der Waals surface area contributed by atoms with Crippen LogP contribution in [0.3, 0.4) is 0 Å². The number of hydrogen-bond acceptors (Lipinski definition) is 9. The summed E-state index contributed by atoms with van der Waals surface area (Å²) in [4.78, 5) is 12.6. The average Bonchev–Trinajstić information content (AvgIpc) is 3.25. The summed E-state index contributed by atoms with van der Waals surface area (Å²) in [5.41, 5.74) is 4.58. The van der Waals surface area contributed by atoms with Crippen LogP contribution in [0.2, 0.25) is 0 Å². The summed E-state index contributed by atoms with van der Waals surface area (Å²) in [7, 11) is 0. The number of aliphatic hydroxyl groups is 3. The molecule has 1 fully saturated rings. The van der Waals surface area contributed by atoms with Gasteiger partial charge in [-0.05, 0) is 5.56 Å². The van der Waals surface area contributed by atoms with Crippen LogP contribution >= 0.6 is 0 Å². The fourth-order valence-corrected chi connectivity index (χ4v) is 2.94. The first-order chi connectivity index (χ1) is 13.2. The first-order valence-corrected chi connectivity index (χ1v) is 8.33. The lowest BCUT2D eigenvalue weighted by molar-refractivity contribution is -0.0511. The lowest BCUT2D eigenvalue weighted by atomic mass is 10.1. The third-order valence-corrected chi connectivity index (χ3v) is 4.33. The highest BCUT2D eigenvalue weighted by Gasteiger charge is 2.44. The zero-order chi connectivity index (χ0) is 18.8. The van der Waals surface area contributed by atoms with Gasteiger partial charge >= 0.3 is 0 Å². The molecule has 4 rings (SSSR count). The van der Waals surface area contributed by atoms with Gasteiger partial charge < -0.3 is 20.1 Å². The van der Waals surface area contributed by atoms with Gasteiger partial charge in [-0.1, -0.05) is 30.3 Å². The van der Waals surface area contributed by atoms with Gasteiger partial charge in [-0.2, -0.15) is 5.10 Å². The highest BCUT2D eigenvalue weighted by Crippen LogP contribution is 2.32. The second kappa shape index (κ2) is 7.37. The van der Waals surface area contributed by atoms with Crippen molar-refractivity contribution in [2.45, 2.75) is 24.5 Å². The molecule has 27 heavy (non-hydrogen) atoms. The normalized spacial score (nSPS) is 25.4. The quantitative estimate of drug-likeness (QED) is 0.360. The number of imidazole rings is 1. The lowest BCUT2D eigenvalue weighted by Gasteiger charge is -2.16. The van der Waals surface area contributed by atoms with E-state index in [4.69, 9.17) is 4.74 Å². The molecule has 2 aromatic heterocycles. The second-order valence-electron chi connectivity index (χ2n) is 6.06. The van der Waals surface area contributed by atoms with Crippen LogP contribution in [0.5, 0.6) is 0 Å². The molecule has 0 bridgehead atoms. The highest BCUT2D eigenvalue weighted by atomic mass is 16.6. The highest BCUT2D eigenvalue weighted by molar-refractivity contribution is 5.84. The van der Waals surface area contributed by atoms with Crippen molar-refractivity contribution in [2.75, 3.05) is 12.0 Å². The molecule has 1 aliphatic rings. The third-order valence-electron chi connectivity index (χ3n) is 4.33. The molecule has 1 aromatic carbocycles. The van der Waals surface area contributed by atoms with Crippen LogP contribution in [0.25, 0.3) is 11.2 Å². The number of fused-ring (bicyclic) bond motifs is 1. The fourth-order valence-electron chi connectivity index (χ4n) is 2.94. The van der Waals surface area contributed by atoms with Gasteiger partial charge in [0.05, 0.1) is 19.1 Å². The van der Waals surface area contributed by atoms with E-state index in [9.17, 15) is 15.3 Å². The number of ether oxygens (including phenoxy) is 1. The molecular weight excluding hydrogens is 352 g/mol. The van der Waals surface area contributed by atoms with Crippen molar-refractivity contribution in [2.24, 2.45) is 5.10 Å². The molecule has 0 aliphatic carbocycles. The van der Waals surface area contributed by atoms with Gasteiger partial charge in [0.2, 0.25) is 0 Å². The Morgan fingerprint density at radius 1 is 1.15 bits per heavy atom. The van der Waals surface area contributed by atoms with Crippen LogP contribution in [0, 0.1) is 0 Å². The minimum absolute atomic E-state index is 0.387. The summed E-state index contributed by atoms with van der Waals surface area (Å²) in [6, 6.07) is 9.57. The van der Waals surface area contributed by atoms with Gasteiger partial charge in [0.15, 0.2) is 23.2 Å². The molecule has 1 saturated heterocycles. The Kier molecular flexibility index (Phi) is 4.77. The number of nitrogens with one attached hydrogen (secondary N) is 1.